The van der Waals surface area contributed by atoms with Gasteiger partial charge in [-0.25, -0.2) is 4.98 Å². The molecule has 0 fully saturated rings. The number of anilines is 1. The van der Waals surface area contributed by atoms with Crippen molar-refractivity contribution in [3.05, 3.63) is 54.5 Å². The molecule has 0 bridgehead atoms. The van der Waals surface area contributed by atoms with Crippen LogP contribution < -0.4 is 10.7 Å². The second kappa shape index (κ2) is 6.41. The minimum atomic E-state index is 0.376. The summed E-state index contributed by atoms with van der Waals surface area (Å²) in [7, 11) is 0. The molecule has 0 atom stereocenters. The molecule has 2 rings (SSSR count). The van der Waals surface area contributed by atoms with Gasteiger partial charge in [0.1, 0.15) is 5.82 Å². The molecule has 0 saturated carbocycles. The fourth-order valence-electron chi connectivity index (χ4n) is 1.19. The fourth-order valence-corrected chi connectivity index (χ4v) is 1.35. The highest BCUT2D eigenvalue weighted by Crippen LogP contribution is 1.98. The SMILES string of the molecule is S=C(N/N=C\c1ccccn1)Nc1ccccn1. The van der Waals surface area contributed by atoms with Gasteiger partial charge >= 0.3 is 0 Å². The van der Waals surface area contributed by atoms with Gasteiger partial charge < -0.3 is 5.32 Å². The topological polar surface area (TPSA) is 62.2 Å². The molecule has 2 N–H and O–H groups in total. The molecule has 0 aliphatic rings. The summed E-state index contributed by atoms with van der Waals surface area (Å²) in [6, 6.07) is 11.1. The Bertz CT molecular complexity index is 527. The van der Waals surface area contributed by atoms with E-state index in [-0.39, 0.29) is 0 Å². The summed E-state index contributed by atoms with van der Waals surface area (Å²) in [5.41, 5.74) is 3.44. The van der Waals surface area contributed by atoms with Crippen LogP contribution in [0.3, 0.4) is 0 Å². The van der Waals surface area contributed by atoms with Crippen molar-refractivity contribution in [2.45, 2.75) is 0 Å². The van der Waals surface area contributed by atoms with Crippen molar-refractivity contribution < 1.29 is 0 Å². The Balaban J connectivity index is 1.84. The van der Waals surface area contributed by atoms with E-state index in [2.05, 4.69) is 25.8 Å². The molecule has 5 nitrogen and oxygen atoms in total. The van der Waals surface area contributed by atoms with Gasteiger partial charge in [0.25, 0.3) is 0 Å². The number of hydrazone groups is 1. The van der Waals surface area contributed by atoms with Crippen LogP contribution in [0.4, 0.5) is 5.82 Å². The number of rotatable bonds is 3. The van der Waals surface area contributed by atoms with Gasteiger partial charge in [0.15, 0.2) is 5.11 Å². The Kier molecular flexibility index (Phi) is 4.32. The maximum Gasteiger partial charge on any atom is 0.192 e. The van der Waals surface area contributed by atoms with E-state index >= 15 is 0 Å². The van der Waals surface area contributed by atoms with Crippen LogP contribution in [0.25, 0.3) is 0 Å². The number of hydrogen-bond donors (Lipinski definition) is 2. The summed E-state index contributed by atoms with van der Waals surface area (Å²) >= 11 is 5.06. The number of hydrogen-bond acceptors (Lipinski definition) is 4. The Morgan fingerprint density at radius 3 is 2.56 bits per heavy atom. The zero-order valence-corrected chi connectivity index (χ0v) is 10.3. The van der Waals surface area contributed by atoms with Crippen molar-refractivity contribution in [3.8, 4) is 0 Å². The molecule has 6 heteroatoms. The third kappa shape index (κ3) is 3.91. The van der Waals surface area contributed by atoms with Crippen LogP contribution in [-0.2, 0) is 0 Å². The highest BCUT2D eigenvalue weighted by atomic mass is 32.1. The monoisotopic (exact) mass is 257 g/mol. The lowest BCUT2D eigenvalue weighted by Crippen LogP contribution is -2.24. The average Bonchev–Trinajstić information content (AvgIpc) is 2.41. The minimum Gasteiger partial charge on any atom is -0.316 e. The van der Waals surface area contributed by atoms with Crippen molar-refractivity contribution >= 4 is 29.4 Å². The van der Waals surface area contributed by atoms with E-state index in [4.69, 9.17) is 12.2 Å². The fraction of sp³-hybridized carbons (Fsp3) is 0. The molecule has 0 aromatic carbocycles. The second-order valence-corrected chi connectivity index (χ2v) is 3.70. The lowest BCUT2D eigenvalue weighted by Gasteiger charge is -2.04. The van der Waals surface area contributed by atoms with E-state index in [1.54, 1.807) is 18.6 Å². The Morgan fingerprint density at radius 2 is 1.89 bits per heavy atom. The molecule has 0 aliphatic heterocycles. The lowest BCUT2D eigenvalue weighted by molar-refractivity contribution is 1.04. The molecule has 0 saturated heterocycles. The van der Waals surface area contributed by atoms with E-state index < -0.39 is 0 Å². The second-order valence-electron chi connectivity index (χ2n) is 3.29. The van der Waals surface area contributed by atoms with Crippen molar-refractivity contribution in [2.24, 2.45) is 5.10 Å². The van der Waals surface area contributed by atoms with Crippen molar-refractivity contribution in [3.63, 3.8) is 0 Å². The number of aromatic nitrogens is 2. The van der Waals surface area contributed by atoms with Crippen LogP contribution >= 0.6 is 12.2 Å². The lowest BCUT2D eigenvalue weighted by atomic mass is 10.4. The zero-order chi connectivity index (χ0) is 12.6. The van der Waals surface area contributed by atoms with E-state index in [9.17, 15) is 0 Å². The van der Waals surface area contributed by atoms with E-state index in [1.165, 1.54) is 0 Å². The predicted octanol–water partition coefficient (Wildman–Crippen LogP) is 1.80. The molecule has 0 spiro atoms. The van der Waals surface area contributed by atoms with Crippen LogP contribution in [-0.4, -0.2) is 21.3 Å². The smallest absolute Gasteiger partial charge is 0.192 e. The number of nitrogens with one attached hydrogen (secondary N) is 2. The number of nitrogens with zero attached hydrogens (tertiary/aromatic N) is 3. The highest BCUT2D eigenvalue weighted by molar-refractivity contribution is 7.80. The van der Waals surface area contributed by atoms with Crippen molar-refractivity contribution in [2.75, 3.05) is 5.32 Å². The van der Waals surface area contributed by atoms with E-state index in [1.807, 2.05) is 36.4 Å². The molecule has 2 aromatic rings. The largest absolute Gasteiger partial charge is 0.316 e. The van der Waals surface area contributed by atoms with E-state index in [0.29, 0.717) is 10.9 Å². The average molecular weight is 257 g/mol. The van der Waals surface area contributed by atoms with Gasteiger partial charge in [-0.05, 0) is 36.5 Å². The van der Waals surface area contributed by atoms with E-state index in [0.717, 1.165) is 5.69 Å². The first-order chi connectivity index (χ1) is 8.84. The third-order valence-corrected chi connectivity index (χ3v) is 2.15. The number of thiocarbonyl (C=S) groups is 1. The van der Waals surface area contributed by atoms with Crippen LogP contribution in [0.2, 0.25) is 0 Å². The quantitative estimate of drug-likeness (QED) is 0.499. The van der Waals surface area contributed by atoms with Crippen LogP contribution in [0.15, 0.2) is 53.9 Å². The van der Waals surface area contributed by atoms with Gasteiger partial charge in [-0.1, -0.05) is 12.1 Å². The first kappa shape index (κ1) is 12.1. The Morgan fingerprint density at radius 1 is 1.11 bits per heavy atom. The van der Waals surface area contributed by atoms with Crippen molar-refractivity contribution in [1.82, 2.24) is 15.4 Å². The molecule has 90 valence electrons. The summed E-state index contributed by atoms with van der Waals surface area (Å²) in [5, 5.41) is 7.25. The third-order valence-electron chi connectivity index (χ3n) is 1.96. The van der Waals surface area contributed by atoms with Crippen LogP contribution in [0.5, 0.6) is 0 Å². The summed E-state index contributed by atoms with van der Waals surface area (Å²) < 4.78 is 0. The zero-order valence-electron chi connectivity index (χ0n) is 9.45. The predicted molar refractivity (Wildman–Crippen MR) is 75.4 cm³/mol. The summed E-state index contributed by atoms with van der Waals surface area (Å²) in [4.78, 5) is 8.18. The molecule has 2 heterocycles. The first-order valence-electron chi connectivity index (χ1n) is 5.27. The summed E-state index contributed by atoms with van der Waals surface area (Å²) in [5.74, 6) is 0.669. The molecule has 18 heavy (non-hydrogen) atoms. The number of pyridine rings is 2. The van der Waals surface area contributed by atoms with Crippen molar-refractivity contribution in [1.29, 1.82) is 0 Å². The summed E-state index contributed by atoms with van der Waals surface area (Å²) in [6.45, 7) is 0. The standard InChI is InChI=1S/C12H11N5S/c18-12(16-11-6-2-4-8-14-11)17-15-9-10-5-1-3-7-13-10/h1-9H,(H2,14,16,17,18)/b15-9-. The van der Waals surface area contributed by atoms with Gasteiger partial charge in [0, 0.05) is 12.4 Å². The Labute approximate surface area is 110 Å². The van der Waals surface area contributed by atoms with Gasteiger partial charge in [-0.15, -0.1) is 0 Å². The molecule has 2 aromatic heterocycles. The molecule has 0 aliphatic carbocycles. The van der Waals surface area contributed by atoms with Gasteiger partial charge in [-0.2, -0.15) is 5.10 Å². The molecule has 0 radical (unpaired) electrons. The molecule has 0 unspecified atom stereocenters. The minimum absolute atomic E-state index is 0.376. The normalized spacial score (nSPS) is 10.2. The van der Waals surface area contributed by atoms with Crippen LogP contribution in [0.1, 0.15) is 5.69 Å². The molecular formula is C12H11N5S. The maximum atomic E-state index is 5.06. The summed E-state index contributed by atoms with van der Waals surface area (Å²) in [6.07, 6.45) is 4.97. The van der Waals surface area contributed by atoms with Crippen LogP contribution in [0, 0.1) is 0 Å². The van der Waals surface area contributed by atoms with Gasteiger partial charge in [-0.3, -0.25) is 10.4 Å². The molecular weight excluding hydrogens is 246 g/mol. The Hall–Kier alpha value is -2.34. The first-order valence-corrected chi connectivity index (χ1v) is 5.67. The molecule has 0 amide bonds. The highest BCUT2D eigenvalue weighted by Gasteiger charge is 1.95. The van der Waals surface area contributed by atoms with Gasteiger partial charge in [0.2, 0.25) is 0 Å². The van der Waals surface area contributed by atoms with Gasteiger partial charge in [0.05, 0.1) is 11.9 Å². The maximum absolute atomic E-state index is 5.06.